The first-order chi connectivity index (χ1) is 10.0. The topological polar surface area (TPSA) is 47.3 Å². The van der Waals surface area contributed by atoms with Crippen molar-refractivity contribution < 1.29 is 9.13 Å². The maximum Gasteiger partial charge on any atom is 0.131 e. The first-order valence-electron chi connectivity index (χ1n) is 7.00. The van der Waals surface area contributed by atoms with Gasteiger partial charge in [-0.25, -0.2) is 9.82 Å². The number of nitrogens with two attached hydrogens (primary N) is 1. The summed E-state index contributed by atoms with van der Waals surface area (Å²) in [4.78, 5) is 0. The van der Waals surface area contributed by atoms with Gasteiger partial charge in [-0.3, -0.25) is 5.84 Å². The van der Waals surface area contributed by atoms with Crippen molar-refractivity contribution in [3.8, 4) is 5.75 Å². The van der Waals surface area contributed by atoms with Gasteiger partial charge in [-0.2, -0.15) is 0 Å². The molecule has 0 aromatic heterocycles. The summed E-state index contributed by atoms with van der Waals surface area (Å²) in [5.74, 6) is 6.18. The monoisotopic (exact) mass is 288 g/mol. The van der Waals surface area contributed by atoms with Gasteiger partial charge in [0.25, 0.3) is 0 Å². The summed E-state index contributed by atoms with van der Waals surface area (Å²) < 4.78 is 19.9. The van der Waals surface area contributed by atoms with Gasteiger partial charge in [-0.1, -0.05) is 30.3 Å². The van der Waals surface area contributed by atoms with E-state index >= 15 is 0 Å². The molecule has 2 aromatic rings. The Labute approximate surface area is 124 Å². The van der Waals surface area contributed by atoms with E-state index in [9.17, 15) is 4.39 Å². The van der Waals surface area contributed by atoms with Gasteiger partial charge in [0.1, 0.15) is 11.6 Å². The van der Waals surface area contributed by atoms with Crippen LogP contribution in [0.15, 0.2) is 42.5 Å². The molecule has 0 saturated carbocycles. The van der Waals surface area contributed by atoms with Gasteiger partial charge in [0, 0.05) is 5.56 Å². The first kappa shape index (κ1) is 15.5. The van der Waals surface area contributed by atoms with E-state index < -0.39 is 6.04 Å². The van der Waals surface area contributed by atoms with E-state index in [1.54, 1.807) is 19.1 Å². The maximum atomic E-state index is 14.3. The van der Waals surface area contributed by atoms with Crippen molar-refractivity contribution >= 4 is 0 Å². The molecule has 0 aliphatic heterocycles. The first-order valence-corrected chi connectivity index (χ1v) is 7.00. The van der Waals surface area contributed by atoms with Crippen molar-refractivity contribution in [1.29, 1.82) is 0 Å². The molecule has 0 fully saturated rings. The summed E-state index contributed by atoms with van der Waals surface area (Å²) in [6.07, 6.45) is 0.119. The third-order valence-corrected chi connectivity index (χ3v) is 3.28. The number of aryl methyl sites for hydroxylation is 1. The number of hydrazine groups is 1. The summed E-state index contributed by atoms with van der Waals surface area (Å²) >= 11 is 0. The number of hydrogen-bond acceptors (Lipinski definition) is 3. The lowest BCUT2D eigenvalue weighted by Crippen LogP contribution is -2.29. The lowest BCUT2D eigenvalue weighted by atomic mass is 9.97. The molecular formula is C17H21FN2O. The Morgan fingerprint density at radius 1 is 1.10 bits per heavy atom. The van der Waals surface area contributed by atoms with Crippen LogP contribution in [-0.2, 0) is 0 Å². The zero-order valence-electron chi connectivity index (χ0n) is 12.6. The fourth-order valence-corrected chi connectivity index (χ4v) is 2.27. The molecule has 0 aliphatic carbocycles. The Morgan fingerprint density at radius 3 is 2.33 bits per heavy atom. The van der Waals surface area contributed by atoms with Gasteiger partial charge in [0.2, 0.25) is 0 Å². The average molecular weight is 288 g/mol. The van der Waals surface area contributed by atoms with Crippen LogP contribution < -0.4 is 16.0 Å². The minimum Gasteiger partial charge on any atom is -0.491 e. The molecule has 112 valence electrons. The van der Waals surface area contributed by atoms with E-state index in [-0.39, 0.29) is 11.9 Å². The Hall–Kier alpha value is -1.91. The fourth-order valence-electron chi connectivity index (χ4n) is 2.27. The Morgan fingerprint density at radius 2 is 1.76 bits per heavy atom. The smallest absolute Gasteiger partial charge is 0.131 e. The molecule has 3 N–H and O–H groups in total. The molecule has 0 saturated heterocycles. The highest BCUT2D eigenvalue weighted by Crippen LogP contribution is 2.27. The van der Waals surface area contributed by atoms with E-state index in [1.807, 2.05) is 44.2 Å². The summed E-state index contributed by atoms with van der Waals surface area (Å²) in [7, 11) is 0. The van der Waals surface area contributed by atoms with Crippen molar-refractivity contribution in [3.63, 3.8) is 0 Å². The molecular weight excluding hydrogens is 267 g/mol. The molecule has 0 aliphatic rings. The fraction of sp³-hybridized carbons (Fsp3) is 0.294. The van der Waals surface area contributed by atoms with Crippen LogP contribution in [0.5, 0.6) is 5.75 Å². The van der Waals surface area contributed by atoms with Gasteiger partial charge in [-0.05, 0) is 44.0 Å². The molecule has 0 radical (unpaired) electrons. The Kier molecular flexibility index (Phi) is 4.94. The lowest BCUT2D eigenvalue weighted by molar-refractivity contribution is 0.242. The quantitative estimate of drug-likeness (QED) is 0.654. The summed E-state index contributed by atoms with van der Waals surface area (Å²) in [5.41, 5.74) is 4.71. The predicted octanol–water partition coefficient (Wildman–Crippen LogP) is 3.47. The molecule has 1 unspecified atom stereocenters. The van der Waals surface area contributed by atoms with Crippen LogP contribution >= 0.6 is 0 Å². The molecule has 0 bridgehead atoms. The highest BCUT2D eigenvalue weighted by atomic mass is 19.1. The zero-order chi connectivity index (χ0) is 15.4. The van der Waals surface area contributed by atoms with Crippen molar-refractivity contribution in [2.24, 2.45) is 5.84 Å². The van der Waals surface area contributed by atoms with Crippen molar-refractivity contribution in [2.45, 2.75) is 32.9 Å². The van der Waals surface area contributed by atoms with Gasteiger partial charge in [0.05, 0.1) is 12.1 Å². The van der Waals surface area contributed by atoms with Crippen LogP contribution in [-0.4, -0.2) is 6.10 Å². The third-order valence-electron chi connectivity index (χ3n) is 3.28. The number of hydrogen-bond donors (Lipinski definition) is 2. The molecule has 0 spiro atoms. The van der Waals surface area contributed by atoms with Gasteiger partial charge >= 0.3 is 0 Å². The highest BCUT2D eigenvalue weighted by molar-refractivity contribution is 5.37. The number of ether oxygens (including phenoxy) is 1. The molecule has 4 heteroatoms. The second-order valence-electron chi connectivity index (χ2n) is 5.31. The molecule has 2 rings (SSSR count). The Bertz CT molecular complexity index is 596. The molecule has 2 aromatic carbocycles. The van der Waals surface area contributed by atoms with Crippen LogP contribution in [0, 0.1) is 12.7 Å². The van der Waals surface area contributed by atoms with Gasteiger partial charge < -0.3 is 4.74 Å². The number of halogens is 1. The molecule has 1 atom stereocenters. The van der Waals surface area contributed by atoms with E-state index in [0.717, 1.165) is 11.3 Å². The van der Waals surface area contributed by atoms with E-state index in [2.05, 4.69) is 5.43 Å². The standard InChI is InChI=1S/C17H21FN2O/c1-11(2)21-14-9-7-13(8-10-14)17(20-19)15-6-4-5-12(3)16(15)18/h4-11,17,20H,19H2,1-3H3. The minimum absolute atomic E-state index is 0.119. The van der Waals surface area contributed by atoms with E-state index in [1.165, 1.54) is 0 Å². The van der Waals surface area contributed by atoms with Gasteiger partial charge in [0.15, 0.2) is 0 Å². The third kappa shape index (κ3) is 3.60. The second kappa shape index (κ2) is 6.70. The molecule has 3 nitrogen and oxygen atoms in total. The largest absolute Gasteiger partial charge is 0.491 e. The van der Waals surface area contributed by atoms with Crippen LogP contribution in [0.1, 0.15) is 36.6 Å². The van der Waals surface area contributed by atoms with Crippen molar-refractivity contribution in [2.75, 3.05) is 0 Å². The van der Waals surface area contributed by atoms with Crippen molar-refractivity contribution in [3.05, 3.63) is 65.0 Å². The van der Waals surface area contributed by atoms with Crippen LogP contribution in [0.4, 0.5) is 4.39 Å². The summed E-state index contributed by atoms with van der Waals surface area (Å²) in [6.45, 7) is 5.69. The van der Waals surface area contributed by atoms with Gasteiger partial charge in [-0.15, -0.1) is 0 Å². The number of rotatable bonds is 5. The molecule has 0 heterocycles. The zero-order valence-corrected chi connectivity index (χ0v) is 12.6. The van der Waals surface area contributed by atoms with E-state index in [0.29, 0.717) is 11.1 Å². The summed E-state index contributed by atoms with van der Waals surface area (Å²) in [6, 6.07) is 12.4. The predicted molar refractivity (Wildman–Crippen MR) is 82.5 cm³/mol. The van der Waals surface area contributed by atoms with E-state index in [4.69, 9.17) is 10.6 Å². The number of benzene rings is 2. The van der Waals surface area contributed by atoms with Crippen LogP contribution in [0.2, 0.25) is 0 Å². The maximum absolute atomic E-state index is 14.3. The lowest BCUT2D eigenvalue weighted by Gasteiger charge is -2.19. The summed E-state index contributed by atoms with van der Waals surface area (Å²) in [5, 5.41) is 0. The molecule has 0 amide bonds. The van der Waals surface area contributed by atoms with Crippen LogP contribution in [0.25, 0.3) is 0 Å². The van der Waals surface area contributed by atoms with Crippen molar-refractivity contribution in [1.82, 2.24) is 5.43 Å². The SMILES string of the molecule is Cc1cccc(C(NN)c2ccc(OC(C)C)cc2)c1F. The average Bonchev–Trinajstić information content (AvgIpc) is 2.45. The normalized spacial score (nSPS) is 12.5. The van der Waals surface area contributed by atoms with Crippen LogP contribution in [0.3, 0.4) is 0 Å². The number of nitrogens with one attached hydrogen (secondary N) is 1. The highest BCUT2D eigenvalue weighted by Gasteiger charge is 2.17. The molecule has 21 heavy (non-hydrogen) atoms. The minimum atomic E-state index is -0.391. The second-order valence-corrected chi connectivity index (χ2v) is 5.31. The Balaban J connectivity index is 2.31.